The second kappa shape index (κ2) is 3.46. The number of aryl methyl sites for hydroxylation is 1. The predicted molar refractivity (Wildman–Crippen MR) is 46.3 cm³/mol. The second-order valence-corrected chi connectivity index (χ2v) is 3.36. The molecule has 72 valence electrons. The van der Waals surface area contributed by atoms with Crippen LogP contribution in [0.3, 0.4) is 0 Å². The number of rotatable bonds is 1. The van der Waals surface area contributed by atoms with E-state index in [0.29, 0.717) is 13.0 Å². The van der Waals surface area contributed by atoms with Gasteiger partial charge in [0.05, 0.1) is 12.6 Å². The highest BCUT2D eigenvalue weighted by atomic mass is 19.1. The van der Waals surface area contributed by atoms with E-state index in [9.17, 15) is 4.39 Å². The third-order valence-corrected chi connectivity index (χ3v) is 2.43. The number of hydrogen-bond donors (Lipinski definition) is 0. The Morgan fingerprint density at radius 3 is 3.15 bits per heavy atom. The Morgan fingerprint density at radius 2 is 2.54 bits per heavy atom. The van der Waals surface area contributed by atoms with Gasteiger partial charge in [-0.25, -0.2) is 4.39 Å². The van der Waals surface area contributed by atoms with Gasteiger partial charge < -0.3 is 4.74 Å². The van der Waals surface area contributed by atoms with Gasteiger partial charge in [-0.1, -0.05) is 0 Å². The lowest BCUT2D eigenvalue weighted by molar-refractivity contribution is -0.000699. The van der Waals surface area contributed by atoms with Gasteiger partial charge in [-0.15, -0.1) is 0 Å². The zero-order chi connectivity index (χ0) is 9.26. The molecule has 1 aromatic heterocycles. The van der Waals surface area contributed by atoms with Crippen molar-refractivity contribution in [3.8, 4) is 0 Å². The van der Waals surface area contributed by atoms with Crippen molar-refractivity contribution in [2.75, 3.05) is 13.2 Å². The number of nitrogens with zero attached hydrogens (tertiary/aromatic N) is 2. The van der Waals surface area contributed by atoms with Gasteiger partial charge in [0.1, 0.15) is 6.17 Å². The molecule has 0 spiro atoms. The molecule has 1 aromatic rings. The average molecular weight is 184 g/mol. The molecule has 1 aliphatic heterocycles. The lowest BCUT2D eigenvalue weighted by Crippen LogP contribution is -2.32. The Labute approximate surface area is 76.5 Å². The topological polar surface area (TPSA) is 27.1 Å². The zero-order valence-corrected chi connectivity index (χ0v) is 7.61. The number of alkyl halides is 1. The fourth-order valence-corrected chi connectivity index (χ4v) is 1.70. The molecule has 0 saturated carbocycles. The van der Waals surface area contributed by atoms with Crippen molar-refractivity contribution in [1.29, 1.82) is 0 Å². The fourth-order valence-electron chi connectivity index (χ4n) is 1.70. The molecule has 0 bridgehead atoms. The molecule has 1 fully saturated rings. The van der Waals surface area contributed by atoms with Gasteiger partial charge in [-0.3, -0.25) is 4.68 Å². The minimum atomic E-state index is -0.924. The van der Waals surface area contributed by atoms with Crippen LogP contribution in [0.4, 0.5) is 4.39 Å². The quantitative estimate of drug-likeness (QED) is 0.661. The molecular formula is C9H13FN2O. The van der Waals surface area contributed by atoms with Crippen LogP contribution in [0, 0.1) is 6.92 Å². The first-order chi connectivity index (χ1) is 6.29. The van der Waals surface area contributed by atoms with E-state index in [0.717, 1.165) is 5.69 Å². The Hall–Kier alpha value is -0.900. The maximum Gasteiger partial charge on any atom is 0.146 e. The maximum atomic E-state index is 13.4. The van der Waals surface area contributed by atoms with Crippen molar-refractivity contribution >= 4 is 0 Å². The molecule has 1 saturated heterocycles. The Morgan fingerprint density at radius 1 is 1.69 bits per heavy atom. The maximum absolute atomic E-state index is 13.4. The van der Waals surface area contributed by atoms with E-state index in [-0.39, 0.29) is 12.6 Å². The molecule has 2 heterocycles. The third-order valence-electron chi connectivity index (χ3n) is 2.43. The van der Waals surface area contributed by atoms with Crippen LogP contribution in [0.1, 0.15) is 18.2 Å². The lowest BCUT2D eigenvalue weighted by Gasteiger charge is -2.27. The smallest absolute Gasteiger partial charge is 0.146 e. The summed E-state index contributed by atoms with van der Waals surface area (Å²) >= 11 is 0. The van der Waals surface area contributed by atoms with E-state index in [2.05, 4.69) is 5.10 Å². The standard InChI is InChI=1S/C9H13FN2O/c1-7-2-4-11-12(7)9-3-5-13-6-8(9)10/h2,4,8-9H,3,5-6H2,1H3. The van der Waals surface area contributed by atoms with Gasteiger partial charge in [0.25, 0.3) is 0 Å². The summed E-state index contributed by atoms with van der Waals surface area (Å²) in [5.41, 5.74) is 1.01. The largest absolute Gasteiger partial charge is 0.378 e. The Balaban J connectivity index is 2.19. The van der Waals surface area contributed by atoms with Gasteiger partial charge in [0.2, 0.25) is 0 Å². The summed E-state index contributed by atoms with van der Waals surface area (Å²) in [6.45, 7) is 2.77. The van der Waals surface area contributed by atoms with Gasteiger partial charge >= 0.3 is 0 Å². The number of halogens is 1. The third kappa shape index (κ3) is 1.58. The van der Waals surface area contributed by atoms with E-state index in [1.54, 1.807) is 10.9 Å². The van der Waals surface area contributed by atoms with Crippen LogP contribution in [-0.2, 0) is 4.74 Å². The van der Waals surface area contributed by atoms with Crippen LogP contribution < -0.4 is 0 Å². The van der Waals surface area contributed by atoms with Crippen molar-refractivity contribution in [3.63, 3.8) is 0 Å². The summed E-state index contributed by atoms with van der Waals surface area (Å²) < 4.78 is 20.2. The van der Waals surface area contributed by atoms with Crippen LogP contribution in [0.5, 0.6) is 0 Å². The van der Waals surface area contributed by atoms with Crippen molar-refractivity contribution in [3.05, 3.63) is 18.0 Å². The molecule has 4 heteroatoms. The molecule has 0 radical (unpaired) electrons. The second-order valence-electron chi connectivity index (χ2n) is 3.36. The molecule has 2 rings (SSSR count). The van der Waals surface area contributed by atoms with Gasteiger partial charge in [-0.2, -0.15) is 5.10 Å². The highest BCUT2D eigenvalue weighted by Gasteiger charge is 2.27. The molecule has 3 nitrogen and oxygen atoms in total. The minimum Gasteiger partial charge on any atom is -0.378 e. The van der Waals surface area contributed by atoms with Crippen molar-refractivity contribution < 1.29 is 9.13 Å². The fraction of sp³-hybridized carbons (Fsp3) is 0.667. The zero-order valence-electron chi connectivity index (χ0n) is 7.61. The van der Waals surface area contributed by atoms with E-state index in [4.69, 9.17) is 4.74 Å². The molecule has 1 aliphatic rings. The van der Waals surface area contributed by atoms with E-state index in [1.165, 1.54) is 0 Å². The molecule has 0 amide bonds. The molecule has 0 aliphatic carbocycles. The molecule has 0 N–H and O–H groups in total. The van der Waals surface area contributed by atoms with Crippen LogP contribution in [-0.4, -0.2) is 29.2 Å². The molecule has 0 aromatic carbocycles. The summed E-state index contributed by atoms with van der Waals surface area (Å²) in [6.07, 6.45) is 1.49. The van der Waals surface area contributed by atoms with E-state index < -0.39 is 6.17 Å². The van der Waals surface area contributed by atoms with Crippen molar-refractivity contribution in [2.45, 2.75) is 25.6 Å². The summed E-state index contributed by atoms with van der Waals surface area (Å²) in [5.74, 6) is 0. The van der Waals surface area contributed by atoms with Gasteiger partial charge in [0, 0.05) is 18.5 Å². The monoisotopic (exact) mass is 184 g/mol. The number of hydrogen-bond acceptors (Lipinski definition) is 2. The van der Waals surface area contributed by atoms with Gasteiger partial charge in [-0.05, 0) is 19.4 Å². The molecule has 13 heavy (non-hydrogen) atoms. The van der Waals surface area contributed by atoms with Gasteiger partial charge in [0.15, 0.2) is 0 Å². The molecule has 2 unspecified atom stereocenters. The van der Waals surface area contributed by atoms with E-state index >= 15 is 0 Å². The molecule has 2 atom stereocenters. The average Bonchev–Trinajstić information content (AvgIpc) is 2.52. The minimum absolute atomic E-state index is 0.135. The Bertz CT molecular complexity index is 287. The summed E-state index contributed by atoms with van der Waals surface area (Å²) in [5, 5.41) is 4.11. The summed E-state index contributed by atoms with van der Waals surface area (Å²) in [7, 11) is 0. The van der Waals surface area contributed by atoms with Crippen molar-refractivity contribution in [2.24, 2.45) is 0 Å². The lowest BCUT2D eigenvalue weighted by atomic mass is 10.1. The summed E-state index contributed by atoms with van der Waals surface area (Å²) in [6, 6.07) is 1.76. The number of ether oxygens (including phenoxy) is 1. The van der Waals surface area contributed by atoms with Crippen LogP contribution in [0.15, 0.2) is 12.3 Å². The molecular weight excluding hydrogens is 171 g/mol. The first-order valence-corrected chi connectivity index (χ1v) is 4.51. The normalized spacial score (nSPS) is 29.1. The first-order valence-electron chi connectivity index (χ1n) is 4.51. The van der Waals surface area contributed by atoms with Crippen molar-refractivity contribution in [1.82, 2.24) is 9.78 Å². The van der Waals surface area contributed by atoms with E-state index in [1.807, 2.05) is 13.0 Å². The predicted octanol–water partition coefficient (Wildman–Crippen LogP) is 1.49. The number of aromatic nitrogens is 2. The Kier molecular flexibility index (Phi) is 2.31. The van der Waals surface area contributed by atoms with Crippen LogP contribution in [0.2, 0.25) is 0 Å². The highest BCUT2D eigenvalue weighted by Crippen LogP contribution is 2.24. The van der Waals surface area contributed by atoms with Crippen LogP contribution >= 0.6 is 0 Å². The highest BCUT2D eigenvalue weighted by molar-refractivity contribution is 4.99. The first kappa shape index (κ1) is 8.69. The SMILES string of the molecule is Cc1ccnn1C1CCOCC1F. The van der Waals surface area contributed by atoms with Crippen LogP contribution in [0.25, 0.3) is 0 Å². The summed E-state index contributed by atoms with van der Waals surface area (Å²) in [4.78, 5) is 0.